The zero-order valence-electron chi connectivity index (χ0n) is 13.2. The molecule has 0 aromatic carbocycles. The van der Waals surface area contributed by atoms with E-state index in [1.807, 2.05) is 6.92 Å². The summed E-state index contributed by atoms with van der Waals surface area (Å²) in [7, 11) is 0. The highest BCUT2D eigenvalue weighted by Crippen LogP contribution is 2.06. The van der Waals surface area contributed by atoms with Gasteiger partial charge in [0.05, 0.1) is 5.92 Å². The van der Waals surface area contributed by atoms with E-state index in [0.29, 0.717) is 6.42 Å². The van der Waals surface area contributed by atoms with Crippen molar-refractivity contribution in [2.24, 2.45) is 5.92 Å². The van der Waals surface area contributed by atoms with E-state index in [9.17, 15) is 9.59 Å². The number of urea groups is 1. The third-order valence-corrected chi connectivity index (χ3v) is 3.34. The highest BCUT2D eigenvalue weighted by atomic mass is 16.4. The third-order valence-electron chi connectivity index (χ3n) is 3.34. The van der Waals surface area contributed by atoms with Gasteiger partial charge in [-0.3, -0.25) is 4.79 Å². The lowest BCUT2D eigenvalue weighted by molar-refractivity contribution is -0.141. The molecule has 20 heavy (non-hydrogen) atoms. The summed E-state index contributed by atoms with van der Waals surface area (Å²) in [6.07, 6.45) is 5.46. The lowest BCUT2D eigenvalue weighted by atomic mass is 10.0. The van der Waals surface area contributed by atoms with Gasteiger partial charge in [-0.05, 0) is 19.3 Å². The zero-order chi connectivity index (χ0) is 15.4. The van der Waals surface area contributed by atoms with Crippen LogP contribution in [0.2, 0.25) is 0 Å². The first-order chi connectivity index (χ1) is 9.56. The smallest absolute Gasteiger partial charge is 0.317 e. The van der Waals surface area contributed by atoms with Gasteiger partial charge >= 0.3 is 12.0 Å². The summed E-state index contributed by atoms with van der Waals surface area (Å²) in [5, 5.41) is 11.8. The summed E-state index contributed by atoms with van der Waals surface area (Å²) < 4.78 is 0. The number of carbonyl (C=O) groups is 2. The fraction of sp³-hybridized carbons (Fsp3) is 0.867. The Bertz CT molecular complexity index is 274. The Kier molecular flexibility index (Phi) is 10.8. The number of rotatable bonds is 11. The molecule has 0 saturated carbocycles. The summed E-state index contributed by atoms with van der Waals surface area (Å²) >= 11 is 0. The number of unbranched alkanes of at least 4 members (excludes halogenated alkanes) is 2. The molecule has 0 aliphatic rings. The van der Waals surface area contributed by atoms with Gasteiger partial charge < -0.3 is 15.3 Å². The maximum Gasteiger partial charge on any atom is 0.317 e. The van der Waals surface area contributed by atoms with Crippen molar-refractivity contribution >= 4 is 12.0 Å². The monoisotopic (exact) mass is 286 g/mol. The number of amides is 2. The third kappa shape index (κ3) is 8.02. The molecule has 0 rings (SSSR count). The molecule has 0 heterocycles. The molecule has 0 radical (unpaired) electrons. The van der Waals surface area contributed by atoms with Gasteiger partial charge in [-0.1, -0.05) is 40.0 Å². The molecular formula is C15H30N2O3. The molecule has 2 amide bonds. The number of hydrogen-bond acceptors (Lipinski definition) is 2. The number of carboxylic acids is 1. The number of carbonyl (C=O) groups excluding carboxylic acids is 1. The maximum atomic E-state index is 12.1. The Morgan fingerprint density at radius 1 is 1.05 bits per heavy atom. The van der Waals surface area contributed by atoms with E-state index in [1.165, 1.54) is 0 Å². The van der Waals surface area contributed by atoms with Crippen LogP contribution in [0.5, 0.6) is 0 Å². The number of hydrogen-bond donors (Lipinski definition) is 2. The molecule has 2 N–H and O–H groups in total. The number of aliphatic carboxylic acids is 1. The minimum atomic E-state index is -0.833. The van der Waals surface area contributed by atoms with E-state index >= 15 is 0 Å². The van der Waals surface area contributed by atoms with Gasteiger partial charge in [-0.2, -0.15) is 0 Å². The van der Waals surface area contributed by atoms with Crippen LogP contribution in [0.4, 0.5) is 4.79 Å². The molecule has 118 valence electrons. The van der Waals surface area contributed by atoms with Crippen LogP contribution in [0.1, 0.15) is 59.3 Å². The highest BCUT2D eigenvalue weighted by Gasteiger charge is 2.19. The predicted octanol–water partition coefficient (Wildman–Crippen LogP) is 3.10. The summed E-state index contributed by atoms with van der Waals surface area (Å²) in [6.45, 7) is 7.85. The summed E-state index contributed by atoms with van der Waals surface area (Å²) in [6, 6.07) is -0.130. The van der Waals surface area contributed by atoms with Crippen LogP contribution in [0.15, 0.2) is 0 Å². The van der Waals surface area contributed by atoms with Crippen LogP contribution in [0.25, 0.3) is 0 Å². The first kappa shape index (κ1) is 18.7. The van der Waals surface area contributed by atoms with E-state index in [0.717, 1.165) is 45.2 Å². The van der Waals surface area contributed by atoms with E-state index in [4.69, 9.17) is 5.11 Å². The first-order valence-corrected chi connectivity index (χ1v) is 7.82. The molecule has 0 spiro atoms. The average molecular weight is 286 g/mol. The highest BCUT2D eigenvalue weighted by molar-refractivity contribution is 5.76. The van der Waals surface area contributed by atoms with Crippen LogP contribution in [-0.2, 0) is 4.79 Å². The van der Waals surface area contributed by atoms with Gasteiger partial charge in [0.2, 0.25) is 0 Å². The minimum Gasteiger partial charge on any atom is -0.481 e. The zero-order valence-corrected chi connectivity index (χ0v) is 13.2. The Labute approximate surface area is 122 Å². The normalized spacial score (nSPS) is 11.9. The molecule has 0 aliphatic carbocycles. The van der Waals surface area contributed by atoms with Crippen molar-refractivity contribution in [2.45, 2.75) is 59.3 Å². The summed E-state index contributed by atoms with van der Waals surface area (Å²) in [5.74, 6) is -1.32. The van der Waals surface area contributed by atoms with Crippen LogP contribution >= 0.6 is 0 Å². The molecule has 1 unspecified atom stereocenters. The van der Waals surface area contributed by atoms with Gasteiger partial charge in [0.1, 0.15) is 0 Å². The van der Waals surface area contributed by atoms with Gasteiger partial charge in [0.25, 0.3) is 0 Å². The van der Waals surface area contributed by atoms with Crippen LogP contribution in [0, 0.1) is 5.92 Å². The molecular weight excluding hydrogens is 256 g/mol. The SMILES string of the molecule is CCCCN(CCCC)C(=O)NCC(CCC)C(=O)O. The van der Waals surface area contributed by atoms with E-state index < -0.39 is 11.9 Å². The van der Waals surface area contributed by atoms with Gasteiger partial charge in [0, 0.05) is 19.6 Å². The molecule has 0 bridgehead atoms. The van der Waals surface area contributed by atoms with Crippen molar-refractivity contribution < 1.29 is 14.7 Å². The van der Waals surface area contributed by atoms with Gasteiger partial charge in [-0.25, -0.2) is 4.79 Å². The Morgan fingerprint density at radius 3 is 2.00 bits per heavy atom. The molecule has 0 aliphatic heterocycles. The second-order valence-electron chi connectivity index (χ2n) is 5.20. The van der Waals surface area contributed by atoms with E-state index in [1.54, 1.807) is 4.90 Å². The average Bonchev–Trinajstić information content (AvgIpc) is 2.43. The fourth-order valence-electron chi connectivity index (χ4n) is 2.00. The van der Waals surface area contributed by atoms with Crippen LogP contribution < -0.4 is 5.32 Å². The topological polar surface area (TPSA) is 69.6 Å². The van der Waals surface area contributed by atoms with Crippen molar-refractivity contribution in [3.8, 4) is 0 Å². The second-order valence-corrected chi connectivity index (χ2v) is 5.20. The summed E-state index contributed by atoms with van der Waals surface area (Å²) in [4.78, 5) is 25.0. The lowest BCUT2D eigenvalue weighted by Crippen LogP contribution is -2.43. The van der Waals surface area contributed by atoms with Crippen LogP contribution in [0.3, 0.4) is 0 Å². The molecule has 5 nitrogen and oxygen atoms in total. The molecule has 0 fully saturated rings. The first-order valence-electron chi connectivity index (χ1n) is 7.82. The Hall–Kier alpha value is -1.26. The quantitative estimate of drug-likeness (QED) is 0.613. The lowest BCUT2D eigenvalue weighted by Gasteiger charge is -2.23. The van der Waals surface area contributed by atoms with E-state index in [2.05, 4.69) is 19.2 Å². The molecule has 0 aromatic heterocycles. The van der Waals surface area contributed by atoms with Crippen molar-refractivity contribution in [1.29, 1.82) is 0 Å². The van der Waals surface area contributed by atoms with Crippen LogP contribution in [-0.4, -0.2) is 41.6 Å². The van der Waals surface area contributed by atoms with Crippen molar-refractivity contribution in [3.05, 3.63) is 0 Å². The molecule has 5 heteroatoms. The fourth-order valence-corrected chi connectivity index (χ4v) is 2.00. The Balaban J connectivity index is 4.30. The van der Waals surface area contributed by atoms with Gasteiger partial charge in [-0.15, -0.1) is 0 Å². The van der Waals surface area contributed by atoms with Gasteiger partial charge in [0.15, 0.2) is 0 Å². The molecule has 0 aromatic rings. The number of nitrogens with zero attached hydrogens (tertiary/aromatic N) is 1. The second kappa shape index (κ2) is 11.6. The predicted molar refractivity (Wildman–Crippen MR) is 80.8 cm³/mol. The molecule has 1 atom stereocenters. The van der Waals surface area contributed by atoms with E-state index in [-0.39, 0.29) is 12.6 Å². The Morgan fingerprint density at radius 2 is 1.60 bits per heavy atom. The summed E-state index contributed by atoms with van der Waals surface area (Å²) in [5.41, 5.74) is 0. The molecule has 0 saturated heterocycles. The standard InChI is InChI=1S/C15H30N2O3/c1-4-7-10-17(11-8-5-2)15(20)16-12-13(9-6-3)14(18)19/h13H,4-12H2,1-3H3,(H,16,20)(H,18,19). The maximum absolute atomic E-state index is 12.1. The number of carboxylic acid groups (broad SMARTS) is 1. The minimum absolute atomic E-state index is 0.130. The van der Waals surface area contributed by atoms with Crippen molar-refractivity contribution in [2.75, 3.05) is 19.6 Å². The largest absolute Gasteiger partial charge is 0.481 e. The number of nitrogens with one attached hydrogen (secondary N) is 1. The van der Waals surface area contributed by atoms with Crippen molar-refractivity contribution in [1.82, 2.24) is 10.2 Å². The van der Waals surface area contributed by atoms with Crippen molar-refractivity contribution in [3.63, 3.8) is 0 Å².